The zero-order valence-corrected chi connectivity index (χ0v) is 16.3. The van der Waals surface area contributed by atoms with Crippen molar-refractivity contribution >= 4 is 29.0 Å². The Bertz CT molecular complexity index is 964. The Kier molecular flexibility index (Phi) is 5.55. The van der Waals surface area contributed by atoms with Crippen LogP contribution in [0.25, 0.3) is 0 Å². The van der Waals surface area contributed by atoms with Crippen LogP contribution >= 0.6 is 11.6 Å². The molecule has 0 aliphatic carbocycles. The van der Waals surface area contributed by atoms with Gasteiger partial charge in [0, 0.05) is 17.4 Å². The third-order valence-corrected chi connectivity index (χ3v) is 4.75. The van der Waals surface area contributed by atoms with Crippen LogP contribution in [0.5, 0.6) is 0 Å². The molecule has 1 aliphatic heterocycles. The number of pyridine rings is 1. The molecule has 154 valence electrons. The van der Waals surface area contributed by atoms with E-state index in [-0.39, 0.29) is 23.8 Å². The number of rotatable bonds is 3. The number of nitrogens with one attached hydrogen (secondary N) is 1. The lowest BCUT2D eigenvalue weighted by molar-refractivity contribution is -0.191. The van der Waals surface area contributed by atoms with Gasteiger partial charge in [-0.15, -0.1) is 0 Å². The number of aliphatic imine (C=N–C) groups is 1. The Morgan fingerprint density at radius 2 is 2.03 bits per heavy atom. The molecule has 1 aliphatic rings. The Balaban J connectivity index is 1.97. The summed E-state index contributed by atoms with van der Waals surface area (Å²) >= 11 is 5.74. The summed E-state index contributed by atoms with van der Waals surface area (Å²) in [6.45, 7) is 2.06. The first kappa shape index (κ1) is 21.1. The fourth-order valence-corrected chi connectivity index (χ4v) is 2.88. The molecule has 3 N–H and O–H groups in total. The number of amidine groups is 1. The minimum atomic E-state index is -3.57. The SMILES string of the molecule is CC1(C)OCC(N)=NC(c2cc(NC(=O)c3ccc(Cl)cn3)ccc2F)C1(F)F. The molecule has 1 aromatic carbocycles. The summed E-state index contributed by atoms with van der Waals surface area (Å²) in [6, 6.07) is 4.26. The number of amides is 1. The van der Waals surface area contributed by atoms with Crippen molar-refractivity contribution in [3.05, 3.63) is 58.6 Å². The molecule has 2 heterocycles. The van der Waals surface area contributed by atoms with Crippen molar-refractivity contribution in [2.45, 2.75) is 31.4 Å². The smallest absolute Gasteiger partial charge is 0.301 e. The summed E-state index contributed by atoms with van der Waals surface area (Å²) in [4.78, 5) is 20.0. The predicted molar refractivity (Wildman–Crippen MR) is 103 cm³/mol. The van der Waals surface area contributed by atoms with E-state index in [0.29, 0.717) is 5.02 Å². The van der Waals surface area contributed by atoms with Crippen molar-refractivity contribution < 1.29 is 22.7 Å². The van der Waals surface area contributed by atoms with Gasteiger partial charge in [0.25, 0.3) is 5.91 Å². The lowest BCUT2D eigenvalue weighted by Gasteiger charge is -2.35. The molecule has 1 aromatic heterocycles. The number of alkyl halides is 2. The van der Waals surface area contributed by atoms with Gasteiger partial charge in [-0.05, 0) is 44.2 Å². The van der Waals surface area contributed by atoms with Gasteiger partial charge in [-0.3, -0.25) is 9.79 Å². The number of halogens is 4. The number of ether oxygens (including phenoxy) is 1. The quantitative estimate of drug-likeness (QED) is 0.777. The largest absolute Gasteiger partial charge is 0.386 e. The Labute approximate surface area is 169 Å². The Hall–Kier alpha value is -2.65. The van der Waals surface area contributed by atoms with Crippen LogP contribution in [0.3, 0.4) is 0 Å². The van der Waals surface area contributed by atoms with E-state index in [9.17, 15) is 9.18 Å². The molecule has 0 bridgehead atoms. The standard InChI is InChI=1S/C19H18ClF3N4O2/c1-18(2)19(22,23)16(27-15(24)9-29-18)12-7-11(4-5-13(12)21)26-17(28)14-6-3-10(20)8-25-14/h3-8,16H,9H2,1-2H3,(H2,24,27)(H,26,28). The maximum Gasteiger partial charge on any atom is 0.301 e. The van der Waals surface area contributed by atoms with Gasteiger partial charge in [-0.2, -0.15) is 0 Å². The van der Waals surface area contributed by atoms with Crippen molar-refractivity contribution in [3.63, 3.8) is 0 Å². The van der Waals surface area contributed by atoms with Crippen LogP contribution in [0.1, 0.15) is 35.9 Å². The monoisotopic (exact) mass is 426 g/mol. The number of hydrogen-bond acceptors (Lipinski definition) is 5. The number of nitrogens with zero attached hydrogens (tertiary/aromatic N) is 2. The Morgan fingerprint density at radius 3 is 2.69 bits per heavy atom. The molecular weight excluding hydrogens is 409 g/mol. The second-order valence-electron chi connectivity index (χ2n) is 7.00. The lowest BCUT2D eigenvalue weighted by Crippen LogP contribution is -2.48. The minimum Gasteiger partial charge on any atom is -0.386 e. The summed E-state index contributed by atoms with van der Waals surface area (Å²) < 4.78 is 49.8. The van der Waals surface area contributed by atoms with Gasteiger partial charge in [0.05, 0.1) is 5.02 Å². The van der Waals surface area contributed by atoms with Gasteiger partial charge in [0.15, 0.2) is 0 Å². The molecule has 1 unspecified atom stereocenters. The molecule has 3 rings (SSSR count). The van der Waals surface area contributed by atoms with Crippen LogP contribution in [0.4, 0.5) is 18.9 Å². The maximum atomic E-state index is 15.1. The number of anilines is 1. The topological polar surface area (TPSA) is 89.6 Å². The minimum absolute atomic E-state index is 0.0527. The highest BCUT2D eigenvalue weighted by Crippen LogP contribution is 2.46. The highest BCUT2D eigenvalue weighted by atomic mass is 35.5. The molecule has 29 heavy (non-hydrogen) atoms. The summed E-state index contributed by atoms with van der Waals surface area (Å²) in [7, 11) is 0. The van der Waals surface area contributed by atoms with E-state index < -0.39 is 34.9 Å². The lowest BCUT2D eigenvalue weighted by atomic mass is 9.89. The first-order chi connectivity index (χ1) is 13.5. The zero-order chi connectivity index (χ0) is 21.4. The van der Waals surface area contributed by atoms with Crippen molar-refractivity contribution in [3.8, 4) is 0 Å². The molecule has 6 nitrogen and oxygen atoms in total. The van der Waals surface area contributed by atoms with E-state index in [1.165, 1.54) is 38.2 Å². The molecule has 10 heteroatoms. The fraction of sp³-hybridized carbons (Fsp3) is 0.316. The fourth-order valence-electron chi connectivity index (χ4n) is 2.77. The predicted octanol–water partition coefficient (Wildman–Crippen LogP) is 3.97. The molecule has 0 radical (unpaired) electrons. The van der Waals surface area contributed by atoms with Crippen molar-refractivity contribution in [1.82, 2.24) is 4.98 Å². The Morgan fingerprint density at radius 1 is 1.31 bits per heavy atom. The summed E-state index contributed by atoms with van der Waals surface area (Å²) in [6.07, 6.45) is 1.29. The highest BCUT2D eigenvalue weighted by Gasteiger charge is 2.56. The number of nitrogens with two attached hydrogens (primary N) is 1. The molecule has 0 saturated heterocycles. The first-order valence-corrected chi connectivity index (χ1v) is 8.95. The maximum absolute atomic E-state index is 15.1. The van der Waals surface area contributed by atoms with Gasteiger partial charge < -0.3 is 15.8 Å². The van der Waals surface area contributed by atoms with Crippen LogP contribution in [0.2, 0.25) is 5.02 Å². The molecule has 1 amide bonds. The van der Waals surface area contributed by atoms with Gasteiger partial charge >= 0.3 is 5.92 Å². The van der Waals surface area contributed by atoms with Gasteiger partial charge in [0.2, 0.25) is 0 Å². The number of carbonyl (C=O) groups is 1. The number of carbonyl (C=O) groups excluding carboxylic acids is 1. The zero-order valence-electron chi connectivity index (χ0n) is 15.5. The average Bonchev–Trinajstić information content (AvgIpc) is 2.73. The summed E-state index contributed by atoms with van der Waals surface area (Å²) in [5.74, 6) is -5.28. The van der Waals surface area contributed by atoms with Crippen molar-refractivity contribution in [2.24, 2.45) is 10.7 Å². The van der Waals surface area contributed by atoms with Crippen molar-refractivity contribution in [1.29, 1.82) is 0 Å². The number of aromatic nitrogens is 1. The van der Waals surface area contributed by atoms with Crippen LogP contribution < -0.4 is 11.1 Å². The molecule has 0 spiro atoms. The van der Waals surface area contributed by atoms with E-state index in [1.54, 1.807) is 0 Å². The molecule has 0 fully saturated rings. The van der Waals surface area contributed by atoms with E-state index in [2.05, 4.69) is 15.3 Å². The average molecular weight is 427 g/mol. The van der Waals surface area contributed by atoms with E-state index >= 15 is 8.78 Å². The third-order valence-electron chi connectivity index (χ3n) is 4.53. The first-order valence-electron chi connectivity index (χ1n) is 8.57. The molecular formula is C19H18ClF3N4O2. The van der Waals surface area contributed by atoms with Gasteiger partial charge in [-0.1, -0.05) is 11.6 Å². The molecule has 0 saturated carbocycles. The van der Waals surface area contributed by atoms with Crippen LogP contribution in [-0.2, 0) is 4.74 Å². The van der Waals surface area contributed by atoms with Gasteiger partial charge in [0.1, 0.15) is 35.6 Å². The van der Waals surface area contributed by atoms with E-state index in [0.717, 1.165) is 12.1 Å². The highest BCUT2D eigenvalue weighted by molar-refractivity contribution is 6.30. The molecule has 1 atom stereocenters. The number of benzene rings is 1. The summed E-state index contributed by atoms with van der Waals surface area (Å²) in [5, 5.41) is 2.84. The second kappa shape index (κ2) is 7.64. The van der Waals surface area contributed by atoms with Gasteiger partial charge in [-0.25, -0.2) is 18.2 Å². The van der Waals surface area contributed by atoms with Crippen LogP contribution in [0.15, 0.2) is 41.5 Å². The van der Waals surface area contributed by atoms with Crippen molar-refractivity contribution in [2.75, 3.05) is 11.9 Å². The normalized spacial score (nSPS) is 20.5. The van der Waals surface area contributed by atoms with E-state index in [1.807, 2.05) is 0 Å². The van der Waals surface area contributed by atoms with Crippen LogP contribution in [0, 0.1) is 5.82 Å². The van der Waals surface area contributed by atoms with Crippen LogP contribution in [-0.4, -0.2) is 34.9 Å². The second-order valence-corrected chi connectivity index (χ2v) is 7.43. The number of hydrogen-bond donors (Lipinski definition) is 2. The third kappa shape index (κ3) is 4.20. The van der Waals surface area contributed by atoms with E-state index in [4.69, 9.17) is 22.1 Å². The summed E-state index contributed by atoms with van der Waals surface area (Å²) in [5.41, 5.74) is 3.43. The molecule has 2 aromatic rings.